The van der Waals surface area contributed by atoms with E-state index >= 15 is 0 Å². The Labute approximate surface area is 90.9 Å². The van der Waals surface area contributed by atoms with Crippen LogP contribution in [0.4, 0.5) is 0 Å². The zero-order valence-corrected chi connectivity index (χ0v) is 10.2. The summed E-state index contributed by atoms with van der Waals surface area (Å²) in [7, 11) is 0. The minimum Gasteiger partial charge on any atom is -0.0884 e. The van der Waals surface area contributed by atoms with Crippen LogP contribution in [-0.4, -0.2) is 4.83 Å². The summed E-state index contributed by atoms with van der Waals surface area (Å²) in [4.78, 5) is 0.749. The van der Waals surface area contributed by atoms with Crippen molar-refractivity contribution in [2.45, 2.75) is 56.7 Å². The molecule has 0 N–H and O–H groups in total. The van der Waals surface area contributed by atoms with E-state index in [0.717, 1.165) is 10.7 Å². The summed E-state index contributed by atoms with van der Waals surface area (Å²) in [5, 5.41) is 0. The Morgan fingerprint density at radius 3 is 2.85 bits per heavy atom. The summed E-state index contributed by atoms with van der Waals surface area (Å²) in [5.74, 6) is 0.811. The van der Waals surface area contributed by atoms with Crippen LogP contribution in [0.25, 0.3) is 0 Å². The molecular weight excluding hydrogens is 224 g/mol. The van der Waals surface area contributed by atoms with Crippen molar-refractivity contribution in [1.29, 1.82) is 0 Å². The van der Waals surface area contributed by atoms with Gasteiger partial charge in [-0.25, -0.2) is 0 Å². The first-order valence-corrected chi connectivity index (χ1v) is 6.57. The summed E-state index contributed by atoms with van der Waals surface area (Å²) in [5.41, 5.74) is 0. The molecule has 0 aromatic carbocycles. The number of rotatable bonds is 5. The summed E-state index contributed by atoms with van der Waals surface area (Å²) >= 11 is 3.77. The first-order valence-electron chi connectivity index (χ1n) is 5.65. The monoisotopic (exact) mass is 244 g/mol. The average Bonchev–Trinajstić information content (AvgIpc) is 2.15. The van der Waals surface area contributed by atoms with Crippen molar-refractivity contribution in [3.05, 3.63) is 12.2 Å². The summed E-state index contributed by atoms with van der Waals surface area (Å²) in [6, 6.07) is 0. The molecule has 2 atom stereocenters. The lowest BCUT2D eigenvalue weighted by atomic mass is 9.91. The van der Waals surface area contributed by atoms with E-state index in [1.165, 1.54) is 44.9 Å². The van der Waals surface area contributed by atoms with Gasteiger partial charge in [-0.1, -0.05) is 60.7 Å². The number of halogens is 1. The highest BCUT2D eigenvalue weighted by molar-refractivity contribution is 9.09. The molecule has 1 aliphatic rings. The quantitative estimate of drug-likeness (QED) is 0.374. The molecule has 0 heterocycles. The fourth-order valence-corrected chi connectivity index (χ4v) is 2.65. The van der Waals surface area contributed by atoms with Gasteiger partial charge in [0.2, 0.25) is 0 Å². The van der Waals surface area contributed by atoms with E-state index in [4.69, 9.17) is 0 Å². The Morgan fingerprint density at radius 1 is 1.31 bits per heavy atom. The number of hydrogen-bond acceptors (Lipinski definition) is 0. The molecule has 0 radical (unpaired) electrons. The van der Waals surface area contributed by atoms with Gasteiger partial charge in [0, 0.05) is 4.83 Å². The van der Waals surface area contributed by atoms with Crippen LogP contribution in [0.5, 0.6) is 0 Å². The van der Waals surface area contributed by atoms with Crippen molar-refractivity contribution in [3.8, 4) is 0 Å². The Balaban J connectivity index is 2.12. The number of hydrogen-bond donors (Lipinski definition) is 0. The zero-order chi connectivity index (χ0) is 9.52. The maximum atomic E-state index is 3.77. The van der Waals surface area contributed by atoms with Crippen LogP contribution in [-0.2, 0) is 0 Å². The van der Waals surface area contributed by atoms with Crippen molar-refractivity contribution in [2.75, 3.05) is 0 Å². The highest BCUT2D eigenvalue weighted by atomic mass is 79.9. The maximum absolute atomic E-state index is 3.77. The molecule has 0 nitrogen and oxygen atoms in total. The van der Waals surface area contributed by atoms with Crippen LogP contribution in [0.15, 0.2) is 12.2 Å². The van der Waals surface area contributed by atoms with Gasteiger partial charge in [0.25, 0.3) is 0 Å². The highest BCUT2D eigenvalue weighted by Crippen LogP contribution is 2.28. The van der Waals surface area contributed by atoms with Gasteiger partial charge < -0.3 is 0 Å². The second-order valence-corrected chi connectivity index (χ2v) is 5.21. The Morgan fingerprint density at radius 2 is 2.15 bits per heavy atom. The number of unbranched alkanes of at least 4 members (excludes halogenated alkanes) is 3. The fraction of sp³-hybridized carbons (Fsp3) is 0.833. The second kappa shape index (κ2) is 6.64. The second-order valence-electron chi connectivity index (χ2n) is 4.03. The molecule has 0 aromatic heterocycles. The first kappa shape index (κ1) is 11.3. The molecule has 1 rings (SSSR count). The topological polar surface area (TPSA) is 0 Å². The smallest absolute Gasteiger partial charge is 0.0211 e. The average molecular weight is 245 g/mol. The van der Waals surface area contributed by atoms with Gasteiger partial charge in [-0.05, 0) is 25.2 Å². The Kier molecular flexibility index (Phi) is 5.77. The van der Waals surface area contributed by atoms with E-state index < -0.39 is 0 Å². The third-order valence-corrected chi connectivity index (χ3v) is 3.98. The van der Waals surface area contributed by atoms with Gasteiger partial charge in [-0.15, -0.1) is 0 Å². The summed E-state index contributed by atoms with van der Waals surface area (Å²) < 4.78 is 0. The number of alkyl halides is 1. The van der Waals surface area contributed by atoms with Gasteiger partial charge in [-0.2, -0.15) is 0 Å². The highest BCUT2D eigenvalue weighted by Gasteiger charge is 2.17. The molecule has 76 valence electrons. The van der Waals surface area contributed by atoms with Crippen LogP contribution in [0.3, 0.4) is 0 Å². The molecule has 0 fully saturated rings. The van der Waals surface area contributed by atoms with Crippen molar-refractivity contribution in [1.82, 2.24) is 0 Å². The van der Waals surface area contributed by atoms with E-state index in [0.29, 0.717) is 0 Å². The van der Waals surface area contributed by atoms with Crippen molar-refractivity contribution in [3.63, 3.8) is 0 Å². The molecule has 1 aliphatic carbocycles. The van der Waals surface area contributed by atoms with Crippen LogP contribution in [0.1, 0.15) is 51.9 Å². The molecule has 0 aliphatic heterocycles. The van der Waals surface area contributed by atoms with Crippen molar-refractivity contribution < 1.29 is 0 Å². The maximum Gasteiger partial charge on any atom is 0.0211 e. The largest absolute Gasteiger partial charge is 0.0884 e. The SMILES string of the molecule is CCCCCC[C@@H]1C=CCC[C@H]1Br. The molecular formula is C12H21Br. The van der Waals surface area contributed by atoms with Crippen molar-refractivity contribution in [2.24, 2.45) is 5.92 Å². The van der Waals surface area contributed by atoms with Gasteiger partial charge in [0.15, 0.2) is 0 Å². The minimum absolute atomic E-state index is 0.749. The molecule has 0 saturated carbocycles. The molecule has 0 unspecified atom stereocenters. The van der Waals surface area contributed by atoms with Gasteiger partial charge in [0.1, 0.15) is 0 Å². The van der Waals surface area contributed by atoms with E-state index in [1.807, 2.05) is 0 Å². The Bertz CT molecular complexity index is 151. The van der Waals surface area contributed by atoms with Crippen LogP contribution >= 0.6 is 15.9 Å². The first-order chi connectivity index (χ1) is 6.34. The fourth-order valence-electron chi connectivity index (χ4n) is 1.94. The third kappa shape index (κ3) is 4.30. The summed E-state index contributed by atoms with van der Waals surface area (Å²) in [6.45, 7) is 2.27. The van der Waals surface area contributed by atoms with E-state index in [-0.39, 0.29) is 0 Å². The van der Waals surface area contributed by atoms with Crippen LogP contribution in [0.2, 0.25) is 0 Å². The standard InChI is InChI=1S/C12H21Br/c1-2-3-4-5-8-11-9-6-7-10-12(11)13/h6,9,11-12H,2-5,7-8,10H2,1H3/t11-,12-/m1/s1. The molecule has 0 aromatic rings. The van der Waals surface area contributed by atoms with Gasteiger partial charge in [-0.3, -0.25) is 0 Å². The van der Waals surface area contributed by atoms with Crippen LogP contribution < -0.4 is 0 Å². The molecule has 13 heavy (non-hydrogen) atoms. The molecule has 0 spiro atoms. The predicted molar refractivity (Wildman–Crippen MR) is 63.3 cm³/mol. The third-order valence-electron chi connectivity index (χ3n) is 2.85. The molecule has 0 saturated heterocycles. The van der Waals surface area contributed by atoms with E-state index in [1.54, 1.807) is 0 Å². The lowest BCUT2D eigenvalue weighted by Crippen LogP contribution is -2.14. The van der Waals surface area contributed by atoms with E-state index in [2.05, 4.69) is 35.0 Å². The molecule has 0 bridgehead atoms. The van der Waals surface area contributed by atoms with Crippen molar-refractivity contribution >= 4 is 15.9 Å². The lowest BCUT2D eigenvalue weighted by molar-refractivity contribution is 0.490. The van der Waals surface area contributed by atoms with Crippen LogP contribution in [0, 0.1) is 5.92 Å². The lowest BCUT2D eigenvalue weighted by Gasteiger charge is -2.22. The van der Waals surface area contributed by atoms with Gasteiger partial charge >= 0.3 is 0 Å². The molecule has 0 amide bonds. The minimum atomic E-state index is 0.749. The van der Waals surface area contributed by atoms with E-state index in [9.17, 15) is 0 Å². The molecule has 1 heteroatoms. The zero-order valence-electron chi connectivity index (χ0n) is 8.64. The normalized spacial score (nSPS) is 27.8. The summed E-state index contributed by atoms with van der Waals surface area (Å²) in [6.07, 6.45) is 14.3. The number of allylic oxidation sites excluding steroid dienone is 2. The predicted octanol–water partition coefficient (Wildman–Crippen LogP) is 4.69. The van der Waals surface area contributed by atoms with Gasteiger partial charge in [0.05, 0.1) is 0 Å². The Hall–Kier alpha value is 0.220.